The van der Waals surface area contributed by atoms with E-state index in [0.29, 0.717) is 23.9 Å². The van der Waals surface area contributed by atoms with Crippen molar-refractivity contribution >= 4 is 13.7 Å². The number of hydrogen-bond donors (Lipinski definition) is 4. The first-order valence-electron chi connectivity index (χ1n) is 29.1. The van der Waals surface area contributed by atoms with Gasteiger partial charge in [0, 0.05) is 6.42 Å². The molecule has 0 saturated carbocycles. The third-order valence-electron chi connectivity index (χ3n) is 13.2. The van der Waals surface area contributed by atoms with Gasteiger partial charge in [-0.1, -0.05) is 255 Å². The molecule has 0 radical (unpaired) electrons. The van der Waals surface area contributed by atoms with E-state index in [2.05, 4.69) is 67.8 Å². The lowest BCUT2D eigenvalue weighted by molar-refractivity contribution is -0.870. The Kier molecular flexibility index (Phi) is 48.8. The molecule has 4 N–H and O–H groups in total. The first kappa shape index (κ1) is 67.4. The zero-order valence-corrected chi connectivity index (χ0v) is 46.8. The maximum Gasteiger partial charge on any atom is 0.472 e. The second kappa shape index (κ2) is 50.0. The van der Waals surface area contributed by atoms with Crippen LogP contribution in [0.3, 0.4) is 0 Å². The topological polar surface area (TPSA) is 125 Å². The molecule has 406 valence electrons. The number of carbonyl (C=O) groups excluding carboxylic acids is 1. The Labute approximate surface area is 427 Å². The number of amides is 1. The van der Waals surface area contributed by atoms with Crippen LogP contribution >= 0.6 is 7.82 Å². The van der Waals surface area contributed by atoms with Crippen LogP contribution < -0.4 is 5.32 Å². The number of phosphoric ester groups is 1. The van der Waals surface area contributed by atoms with E-state index in [0.717, 1.165) is 64.2 Å². The van der Waals surface area contributed by atoms with E-state index in [1.807, 2.05) is 21.1 Å². The van der Waals surface area contributed by atoms with Gasteiger partial charge in [-0.3, -0.25) is 13.8 Å². The summed E-state index contributed by atoms with van der Waals surface area (Å²) >= 11 is 0. The minimum atomic E-state index is -4.42. The Balaban J connectivity index is 4.06. The van der Waals surface area contributed by atoms with Crippen molar-refractivity contribution < 1.29 is 38.0 Å². The van der Waals surface area contributed by atoms with Gasteiger partial charge in [0.2, 0.25) is 5.91 Å². The molecule has 4 atom stereocenters. The van der Waals surface area contributed by atoms with Crippen molar-refractivity contribution in [3.8, 4) is 0 Å². The first-order valence-corrected chi connectivity index (χ1v) is 30.6. The molecule has 0 aliphatic heterocycles. The van der Waals surface area contributed by atoms with Gasteiger partial charge < -0.3 is 24.9 Å². The van der Waals surface area contributed by atoms with Crippen molar-refractivity contribution in [2.45, 2.75) is 283 Å². The van der Waals surface area contributed by atoms with Crippen LogP contribution in [-0.2, 0) is 18.4 Å². The van der Waals surface area contributed by atoms with Gasteiger partial charge in [-0.15, -0.1) is 0 Å². The molecule has 0 spiro atoms. The molecule has 0 rings (SSSR count). The molecule has 0 heterocycles. The van der Waals surface area contributed by atoms with E-state index in [4.69, 9.17) is 9.05 Å². The van der Waals surface area contributed by atoms with E-state index >= 15 is 0 Å². The number of nitrogens with zero attached hydrogens (tertiary/aromatic N) is 1. The highest BCUT2D eigenvalue weighted by atomic mass is 31.2. The van der Waals surface area contributed by atoms with E-state index in [1.54, 1.807) is 0 Å². The summed E-state index contributed by atoms with van der Waals surface area (Å²) in [6.07, 6.45) is 62.1. The number of hydrogen-bond acceptors (Lipinski definition) is 6. The molecule has 0 fully saturated rings. The zero-order chi connectivity index (χ0) is 50.8. The lowest BCUT2D eigenvalue weighted by Crippen LogP contribution is -2.51. The van der Waals surface area contributed by atoms with E-state index in [9.17, 15) is 24.5 Å². The number of nitrogens with one attached hydrogen (secondary N) is 1. The minimum absolute atomic E-state index is 0.0228. The van der Waals surface area contributed by atoms with Crippen LogP contribution in [0.1, 0.15) is 264 Å². The van der Waals surface area contributed by atoms with Gasteiger partial charge in [0.1, 0.15) is 19.3 Å². The van der Waals surface area contributed by atoms with Crippen LogP contribution in [0.2, 0.25) is 0 Å². The SMILES string of the molecule is CC/C=C\C/C=C\C/C=C\C/C=C\CCCCCCCCCCCCCCCCCCCCCCC(=O)NC(COP(=O)(O)OCC[N+](C)(C)C)C(O)C(O)CCCCCCCCCCCCCC. The predicted molar refractivity (Wildman–Crippen MR) is 297 cm³/mol. The highest BCUT2D eigenvalue weighted by molar-refractivity contribution is 7.47. The summed E-state index contributed by atoms with van der Waals surface area (Å²) in [5.74, 6) is -0.255. The monoisotopic (exact) mass is 994 g/mol. The van der Waals surface area contributed by atoms with Crippen molar-refractivity contribution in [2.24, 2.45) is 0 Å². The second-order valence-corrected chi connectivity index (χ2v) is 22.6. The van der Waals surface area contributed by atoms with Crippen LogP contribution in [-0.4, -0.2) is 84.6 Å². The molecule has 0 aromatic heterocycles. The molecule has 10 heteroatoms. The van der Waals surface area contributed by atoms with Gasteiger partial charge in [0.05, 0.1) is 39.9 Å². The summed E-state index contributed by atoms with van der Waals surface area (Å²) in [5.41, 5.74) is 0. The molecule has 0 aliphatic rings. The van der Waals surface area contributed by atoms with Gasteiger partial charge in [-0.05, 0) is 51.4 Å². The average Bonchev–Trinajstić information content (AvgIpc) is 3.31. The smallest absolute Gasteiger partial charge is 0.390 e. The first-order chi connectivity index (χ1) is 33.4. The molecule has 0 aliphatic carbocycles. The average molecular weight is 995 g/mol. The molecule has 0 saturated heterocycles. The fourth-order valence-corrected chi connectivity index (χ4v) is 9.34. The highest BCUT2D eigenvalue weighted by Crippen LogP contribution is 2.43. The lowest BCUT2D eigenvalue weighted by atomic mass is 9.99. The van der Waals surface area contributed by atoms with Crippen LogP contribution in [0.4, 0.5) is 0 Å². The van der Waals surface area contributed by atoms with Crippen LogP contribution in [0.5, 0.6) is 0 Å². The number of likely N-dealkylation sites (N-methyl/N-ethyl adjacent to an activating group) is 1. The van der Waals surface area contributed by atoms with Crippen LogP contribution in [0.15, 0.2) is 48.6 Å². The van der Waals surface area contributed by atoms with Gasteiger partial charge in [-0.2, -0.15) is 0 Å². The largest absolute Gasteiger partial charge is 0.472 e. The number of rotatable bonds is 53. The zero-order valence-electron chi connectivity index (χ0n) is 45.9. The van der Waals surface area contributed by atoms with Gasteiger partial charge >= 0.3 is 7.82 Å². The summed E-state index contributed by atoms with van der Waals surface area (Å²) in [5, 5.41) is 24.8. The normalized spacial score (nSPS) is 14.7. The number of carbonyl (C=O) groups is 1. The minimum Gasteiger partial charge on any atom is -0.390 e. The lowest BCUT2D eigenvalue weighted by Gasteiger charge is -2.28. The summed E-state index contributed by atoms with van der Waals surface area (Å²) in [4.78, 5) is 23.3. The number of allylic oxidation sites excluding steroid dienone is 8. The molecular weight excluding hydrogens is 880 g/mol. The standard InChI is InChI=1S/C59H113N2O7P/c1-6-8-10-12-14-16-18-20-21-22-23-24-25-26-27-28-29-30-31-32-33-34-35-36-37-38-39-40-42-44-46-48-50-52-58(63)60-56(55-68-69(65,66)67-54-53-61(3,4)5)59(64)57(62)51-49-47-45-43-41-19-17-15-13-11-9-7-2/h8,10,14,16,20-21,23-24,56-57,59,62,64H,6-7,9,11-13,15,17-19,22,25-55H2,1-5H3,(H-,60,63,65,66)/p+1/b10-8-,16-14-,21-20-,24-23-. The third kappa shape index (κ3) is 51.1. The third-order valence-corrected chi connectivity index (χ3v) is 14.2. The van der Waals surface area contributed by atoms with Crippen molar-refractivity contribution in [3.05, 3.63) is 48.6 Å². The molecular formula is C59H114N2O7P+. The fraction of sp³-hybridized carbons (Fsp3) is 0.847. The van der Waals surface area contributed by atoms with E-state index in [-0.39, 0.29) is 12.5 Å². The summed E-state index contributed by atoms with van der Waals surface area (Å²) < 4.78 is 23.6. The quantitative estimate of drug-likeness (QED) is 0.0207. The van der Waals surface area contributed by atoms with Crippen molar-refractivity contribution in [1.82, 2.24) is 5.32 Å². The Morgan fingerprint density at radius 3 is 1.32 bits per heavy atom. The molecule has 0 aromatic rings. The van der Waals surface area contributed by atoms with Crippen molar-refractivity contribution in [2.75, 3.05) is 40.9 Å². The number of quaternary nitrogens is 1. The second-order valence-electron chi connectivity index (χ2n) is 21.1. The predicted octanol–water partition coefficient (Wildman–Crippen LogP) is 16.5. The van der Waals surface area contributed by atoms with Crippen molar-refractivity contribution in [1.29, 1.82) is 0 Å². The van der Waals surface area contributed by atoms with Crippen LogP contribution in [0.25, 0.3) is 0 Å². The molecule has 0 bridgehead atoms. The van der Waals surface area contributed by atoms with Crippen LogP contribution in [0, 0.1) is 0 Å². The number of aliphatic hydroxyl groups excluding tert-OH is 2. The fourth-order valence-electron chi connectivity index (χ4n) is 8.61. The number of aliphatic hydroxyl groups is 2. The molecule has 1 amide bonds. The molecule has 69 heavy (non-hydrogen) atoms. The highest BCUT2D eigenvalue weighted by Gasteiger charge is 2.32. The Morgan fingerprint density at radius 1 is 0.522 bits per heavy atom. The molecule has 9 nitrogen and oxygen atoms in total. The van der Waals surface area contributed by atoms with Gasteiger partial charge in [0.25, 0.3) is 0 Å². The summed E-state index contributed by atoms with van der Waals surface area (Å²) in [6, 6.07) is -1.03. The van der Waals surface area contributed by atoms with E-state index < -0.39 is 32.7 Å². The maximum absolute atomic E-state index is 13.0. The van der Waals surface area contributed by atoms with Gasteiger partial charge in [0.15, 0.2) is 0 Å². The van der Waals surface area contributed by atoms with E-state index in [1.165, 1.54) is 173 Å². The summed E-state index contributed by atoms with van der Waals surface area (Å²) in [6.45, 7) is 4.51. The van der Waals surface area contributed by atoms with Crippen molar-refractivity contribution in [3.63, 3.8) is 0 Å². The maximum atomic E-state index is 13.0. The Bertz CT molecular complexity index is 1280. The summed E-state index contributed by atoms with van der Waals surface area (Å²) in [7, 11) is 1.44. The van der Waals surface area contributed by atoms with Gasteiger partial charge in [-0.25, -0.2) is 4.57 Å². The Morgan fingerprint density at radius 2 is 0.899 bits per heavy atom. The number of phosphoric acid groups is 1. The molecule has 0 aromatic carbocycles. The molecule has 4 unspecified atom stereocenters. The Hall–Kier alpha value is -1.58. The number of unbranched alkanes of at least 4 members (excludes halogenated alkanes) is 31.